The molecule has 1 atom stereocenters. The monoisotopic (exact) mass is 334 g/mol. The average molecular weight is 334 g/mol. The van der Waals surface area contributed by atoms with Gasteiger partial charge in [0.25, 0.3) is 5.91 Å². The van der Waals surface area contributed by atoms with E-state index in [1.165, 1.54) is 6.07 Å². The van der Waals surface area contributed by atoms with Gasteiger partial charge in [-0.2, -0.15) is 0 Å². The highest BCUT2D eigenvalue weighted by molar-refractivity contribution is 5.96. The number of aromatic nitrogens is 1. The first-order valence-corrected chi connectivity index (χ1v) is 8.89. The molecular formula is C18H26N2O4. The lowest BCUT2D eigenvalue weighted by molar-refractivity contribution is -0.0526. The minimum Gasteiger partial charge on any atom is -0.487 e. The van der Waals surface area contributed by atoms with Crippen molar-refractivity contribution in [1.82, 2.24) is 9.47 Å². The number of carbonyl (C=O) groups excluding carboxylic acids is 1. The molecule has 0 N–H and O–H groups in total. The maximum absolute atomic E-state index is 13.2. The Hall–Kier alpha value is -1.82. The standard InChI is InChI=1S/C18H26N2O4/c1-3-5-11-24-16-14(21)7-9-19-12-18(8-6-10-23-13-18)20(4-2)17(22)15(16)19/h7,9H,3-6,8,10-13H2,1-2H3. The van der Waals surface area contributed by atoms with Crippen LogP contribution >= 0.6 is 0 Å². The van der Waals surface area contributed by atoms with E-state index in [0.29, 0.717) is 32.0 Å². The average Bonchev–Trinajstić information content (AvgIpc) is 2.58. The Labute approximate surface area is 142 Å². The summed E-state index contributed by atoms with van der Waals surface area (Å²) in [5.41, 5.74) is -0.151. The number of nitrogens with zero attached hydrogens (tertiary/aromatic N) is 2. The highest BCUT2D eigenvalue weighted by Crippen LogP contribution is 2.35. The lowest BCUT2D eigenvalue weighted by atomic mass is 9.87. The molecule has 1 fully saturated rings. The van der Waals surface area contributed by atoms with Crippen LogP contribution in [0.15, 0.2) is 17.1 Å². The maximum Gasteiger partial charge on any atom is 0.275 e. The van der Waals surface area contributed by atoms with E-state index >= 15 is 0 Å². The molecule has 132 valence electrons. The lowest BCUT2D eigenvalue weighted by Gasteiger charge is -2.49. The van der Waals surface area contributed by atoms with Gasteiger partial charge in [-0.1, -0.05) is 13.3 Å². The van der Waals surface area contributed by atoms with Gasteiger partial charge in [-0.05, 0) is 26.2 Å². The van der Waals surface area contributed by atoms with Gasteiger partial charge >= 0.3 is 0 Å². The molecule has 0 aliphatic carbocycles. The largest absolute Gasteiger partial charge is 0.487 e. The number of fused-ring (bicyclic) bond motifs is 1. The van der Waals surface area contributed by atoms with Gasteiger partial charge in [0.1, 0.15) is 0 Å². The summed E-state index contributed by atoms with van der Waals surface area (Å²) >= 11 is 0. The predicted octanol–water partition coefficient (Wildman–Crippen LogP) is 2.05. The van der Waals surface area contributed by atoms with Crippen LogP contribution in [-0.2, 0) is 11.3 Å². The lowest BCUT2D eigenvalue weighted by Crippen LogP contribution is -2.62. The van der Waals surface area contributed by atoms with Gasteiger partial charge in [-0.3, -0.25) is 9.59 Å². The van der Waals surface area contributed by atoms with Crippen LogP contribution in [0.3, 0.4) is 0 Å². The second-order valence-electron chi connectivity index (χ2n) is 6.62. The first kappa shape index (κ1) is 17.0. The summed E-state index contributed by atoms with van der Waals surface area (Å²) in [6, 6.07) is 1.50. The van der Waals surface area contributed by atoms with Gasteiger partial charge in [-0.15, -0.1) is 0 Å². The zero-order chi connectivity index (χ0) is 17.2. The van der Waals surface area contributed by atoms with Crippen LogP contribution in [0.4, 0.5) is 0 Å². The number of hydrogen-bond acceptors (Lipinski definition) is 4. The number of unbranched alkanes of at least 4 members (excludes halogenated alkanes) is 1. The van der Waals surface area contributed by atoms with Crippen molar-refractivity contribution in [2.75, 3.05) is 26.4 Å². The molecule has 0 radical (unpaired) electrons. The number of carbonyl (C=O) groups is 1. The van der Waals surface area contributed by atoms with Crippen LogP contribution in [0.5, 0.6) is 5.75 Å². The van der Waals surface area contributed by atoms with Crippen molar-refractivity contribution in [2.45, 2.75) is 51.6 Å². The summed E-state index contributed by atoms with van der Waals surface area (Å²) < 4.78 is 13.3. The molecule has 1 spiro atoms. The number of likely N-dealkylation sites (N-methyl/N-ethyl adjacent to an activating group) is 1. The van der Waals surface area contributed by atoms with Gasteiger partial charge in [-0.25, -0.2) is 0 Å². The van der Waals surface area contributed by atoms with Crippen molar-refractivity contribution in [1.29, 1.82) is 0 Å². The maximum atomic E-state index is 13.2. The third kappa shape index (κ3) is 2.83. The third-order valence-corrected chi connectivity index (χ3v) is 4.98. The normalized spacial score (nSPS) is 23.4. The first-order valence-electron chi connectivity index (χ1n) is 8.89. The van der Waals surface area contributed by atoms with Crippen molar-refractivity contribution < 1.29 is 14.3 Å². The van der Waals surface area contributed by atoms with Crippen LogP contribution in [0.1, 0.15) is 50.0 Å². The molecule has 0 saturated carbocycles. The van der Waals surface area contributed by atoms with Crippen molar-refractivity contribution >= 4 is 5.91 Å². The topological polar surface area (TPSA) is 60.8 Å². The molecule has 6 nitrogen and oxygen atoms in total. The highest BCUT2D eigenvalue weighted by atomic mass is 16.5. The van der Waals surface area contributed by atoms with E-state index in [4.69, 9.17) is 9.47 Å². The molecule has 3 heterocycles. The minimum absolute atomic E-state index is 0.126. The zero-order valence-electron chi connectivity index (χ0n) is 14.5. The number of pyridine rings is 1. The number of rotatable bonds is 5. The van der Waals surface area contributed by atoms with Crippen LogP contribution in [-0.4, -0.2) is 47.3 Å². The Balaban J connectivity index is 2.02. The SMILES string of the molecule is CCCCOc1c2n(ccc1=O)CC1(CCCOC1)N(CC)C2=O. The summed E-state index contributed by atoms with van der Waals surface area (Å²) in [5.74, 6) is 0.0689. The molecule has 3 rings (SSSR count). The van der Waals surface area contributed by atoms with Crippen molar-refractivity contribution in [2.24, 2.45) is 0 Å². The molecule has 2 aliphatic rings. The van der Waals surface area contributed by atoms with E-state index < -0.39 is 0 Å². The van der Waals surface area contributed by atoms with E-state index in [2.05, 4.69) is 6.92 Å². The fourth-order valence-electron chi connectivity index (χ4n) is 3.76. The third-order valence-electron chi connectivity index (χ3n) is 4.98. The van der Waals surface area contributed by atoms with Gasteiger partial charge in [0.15, 0.2) is 11.4 Å². The van der Waals surface area contributed by atoms with E-state index in [-0.39, 0.29) is 22.6 Å². The van der Waals surface area contributed by atoms with E-state index in [9.17, 15) is 9.59 Å². The Kier molecular flexibility index (Phi) is 4.94. The molecule has 2 aliphatic heterocycles. The molecule has 0 bridgehead atoms. The van der Waals surface area contributed by atoms with Gasteiger partial charge in [0.05, 0.1) is 18.8 Å². The molecule has 24 heavy (non-hydrogen) atoms. The predicted molar refractivity (Wildman–Crippen MR) is 90.6 cm³/mol. The fraction of sp³-hybridized carbons (Fsp3) is 0.667. The molecule has 1 aromatic heterocycles. The Bertz CT molecular complexity index is 661. The summed E-state index contributed by atoms with van der Waals surface area (Å²) in [6.45, 7) is 7.03. The number of hydrogen-bond donors (Lipinski definition) is 0. The fourth-order valence-corrected chi connectivity index (χ4v) is 3.76. The van der Waals surface area contributed by atoms with Gasteiger partial charge < -0.3 is 18.9 Å². The van der Waals surface area contributed by atoms with Crippen molar-refractivity contribution in [3.05, 3.63) is 28.2 Å². The van der Waals surface area contributed by atoms with E-state index in [1.807, 2.05) is 16.4 Å². The second-order valence-corrected chi connectivity index (χ2v) is 6.62. The number of ether oxygens (including phenoxy) is 2. The molecule has 1 aromatic rings. The second kappa shape index (κ2) is 6.97. The Morgan fingerprint density at radius 1 is 1.33 bits per heavy atom. The molecule has 1 amide bonds. The van der Waals surface area contributed by atoms with Crippen molar-refractivity contribution in [3.63, 3.8) is 0 Å². The molecule has 6 heteroatoms. The van der Waals surface area contributed by atoms with Gasteiger partial charge in [0.2, 0.25) is 5.43 Å². The molecule has 1 saturated heterocycles. The first-order chi connectivity index (χ1) is 11.6. The van der Waals surface area contributed by atoms with Crippen LogP contribution in [0.25, 0.3) is 0 Å². The zero-order valence-corrected chi connectivity index (χ0v) is 14.5. The molecule has 0 aromatic carbocycles. The highest BCUT2D eigenvalue weighted by Gasteiger charge is 2.46. The van der Waals surface area contributed by atoms with Crippen LogP contribution in [0, 0.1) is 0 Å². The Morgan fingerprint density at radius 3 is 2.83 bits per heavy atom. The van der Waals surface area contributed by atoms with Crippen LogP contribution in [0.2, 0.25) is 0 Å². The van der Waals surface area contributed by atoms with E-state index in [0.717, 1.165) is 32.3 Å². The van der Waals surface area contributed by atoms with Crippen molar-refractivity contribution in [3.8, 4) is 5.75 Å². The van der Waals surface area contributed by atoms with Gasteiger partial charge in [0, 0.05) is 32.0 Å². The minimum atomic E-state index is -0.313. The quantitative estimate of drug-likeness (QED) is 0.773. The Morgan fingerprint density at radius 2 is 2.17 bits per heavy atom. The summed E-state index contributed by atoms with van der Waals surface area (Å²) in [7, 11) is 0. The number of amides is 1. The van der Waals surface area contributed by atoms with Crippen LogP contribution < -0.4 is 10.2 Å². The van der Waals surface area contributed by atoms with E-state index in [1.54, 1.807) is 6.20 Å². The summed E-state index contributed by atoms with van der Waals surface area (Å²) in [4.78, 5) is 27.3. The summed E-state index contributed by atoms with van der Waals surface area (Å²) in [6.07, 6.45) is 5.41. The molecular weight excluding hydrogens is 308 g/mol. The summed E-state index contributed by atoms with van der Waals surface area (Å²) in [5, 5.41) is 0. The smallest absolute Gasteiger partial charge is 0.275 e. The molecule has 1 unspecified atom stereocenters.